The number of oxazole rings is 1. The molecule has 2 aromatic carbocycles. The van der Waals surface area contributed by atoms with Crippen molar-refractivity contribution in [2.75, 3.05) is 18.4 Å². The van der Waals surface area contributed by atoms with Crippen molar-refractivity contribution in [2.45, 2.75) is 51.8 Å². The number of amides is 1. The molecule has 10 nitrogen and oxygen atoms in total. The molecule has 0 saturated carbocycles. The number of thiophene rings is 1. The van der Waals surface area contributed by atoms with E-state index in [1.54, 1.807) is 29.7 Å². The zero-order chi connectivity index (χ0) is 33.3. The fourth-order valence-corrected chi connectivity index (χ4v) is 6.73. The van der Waals surface area contributed by atoms with E-state index >= 15 is 0 Å². The number of benzene rings is 2. The van der Waals surface area contributed by atoms with Crippen molar-refractivity contribution in [1.82, 2.24) is 25.2 Å². The van der Waals surface area contributed by atoms with Crippen LogP contribution in [0, 0.1) is 0 Å². The van der Waals surface area contributed by atoms with E-state index < -0.39 is 5.60 Å². The van der Waals surface area contributed by atoms with Gasteiger partial charge in [0.1, 0.15) is 22.6 Å². The summed E-state index contributed by atoms with van der Waals surface area (Å²) >= 11 is 7.59. The third-order valence-corrected chi connectivity index (χ3v) is 9.26. The maximum Gasteiger partial charge on any atom is 0.407 e. The molecule has 1 amide bonds. The molecule has 0 bridgehead atoms. The van der Waals surface area contributed by atoms with Gasteiger partial charge >= 0.3 is 6.09 Å². The Kier molecular flexibility index (Phi) is 8.91. The Bertz CT molecular complexity index is 2050. The lowest BCUT2D eigenvalue weighted by molar-refractivity contribution is 0.0477. The molecule has 0 atom stereocenters. The molecule has 12 heteroatoms. The number of ether oxygens (including phenoxy) is 2. The summed E-state index contributed by atoms with van der Waals surface area (Å²) in [5.41, 5.74) is 4.53. The summed E-state index contributed by atoms with van der Waals surface area (Å²) in [5.74, 6) is 1.35. The fourth-order valence-electron chi connectivity index (χ4n) is 5.56. The number of halogens is 1. The van der Waals surface area contributed by atoms with Gasteiger partial charge in [0.05, 0.1) is 20.8 Å². The highest BCUT2D eigenvalue weighted by molar-refractivity contribution is 7.22. The van der Waals surface area contributed by atoms with Gasteiger partial charge in [0.25, 0.3) is 6.01 Å². The number of likely N-dealkylation sites (tertiary alicyclic amines) is 1. The Morgan fingerprint density at radius 1 is 1.02 bits per heavy atom. The van der Waals surface area contributed by atoms with E-state index in [-0.39, 0.29) is 12.1 Å². The third kappa shape index (κ3) is 7.70. The van der Waals surface area contributed by atoms with Gasteiger partial charge in [0.15, 0.2) is 5.58 Å². The number of carbonyl (C=O) groups excluding carboxylic acids is 1. The van der Waals surface area contributed by atoms with Crippen molar-refractivity contribution in [3.8, 4) is 22.1 Å². The first kappa shape index (κ1) is 31.9. The topological polar surface area (TPSA) is 115 Å². The molecule has 246 valence electrons. The van der Waals surface area contributed by atoms with E-state index in [0.717, 1.165) is 64.5 Å². The maximum absolute atomic E-state index is 12.1. The standard InChI is InChI=1S/C36H35ClN6O4S/c1-36(2,3)47-35(44)41-25-13-16-43(17-14-25)21-22-4-10-27(39-20-22)32-19-29-33(48-32)31(12-15-38-29)45-26-9-11-30-28(18-26)42-34(46-30)40-24-7-5-23(37)6-8-24/h4-12,15,18-20,25H,13-14,16-17,21H2,1-3H3,(H,40,42)(H,41,44). The number of rotatable bonds is 8. The van der Waals surface area contributed by atoms with Crippen LogP contribution in [0.3, 0.4) is 0 Å². The predicted octanol–water partition coefficient (Wildman–Crippen LogP) is 9.18. The van der Waals surface area contributed by atoms with Crippen LogP contribution in [0.15, 0.2) is 83.5 Å². The molecule has 1 saturated heterocycles. The van der Waals surface area contributed by atoms with Crippen LogP contribution in [0.4, 0.5) is 16.5 Å². The largest absolute Gasteiger partial charge is 0.456 e. The molecule has 1 aliphatic rings. The van der Waals surface area contributed by atoms with Gasteiger partial charge in [-0.1, -0.05) is 17.7 Å². The van der Waals surface area contributed by atoms with E-state index in [0.29, 0.717) is 33.6 Å². The molecule has 0 radical (unpaired) electrons. The number of hydrogen-bond acceptors (Lipinski definition) is 10. The highest BCUT2D eigenvalue weighted by atomic mass is 35.5. The van der Waals surface area contributed by atoms with E-state index in [4.69, 9.17) is 30.5 Å². The van der Waals surface area contributed by atoms with Crippen molar-refractivity contribution in [1.29, 1.82) is 0 Å². The van der Waals surface area contributed by atoms with Gasteiger partial charge in [-0.2, -0.15) is 4.98 Å². The Labute approximate surface area is 287 Å². The number of nitrogens with zero attached hydrogens (tertiary/aromatic N) is 4. The summed E-state index contributed by atoms with van der Waals surface area (Å²) in [4.78, 5) is 29.5. The van der Waals surface area contributed by atoms with Crippen LogP contribution >= 0.6 is 22.9 Å². The molecule has 0 unspecified atom stereocenters. The molecule has 2 N–H and O–H groups in total. The summed E-state index contributed by atoms with van der Waals surface area (Å²) in [6.45, 7) is 8.24. The van der Waals surface area contributed by atoms with Crippen LogP contribution in [0.1, 0.15) is 39.2 Å². The molecule has 0 aliphatic carbocycles. The number of nitrogens with one attached hydrogen (secondary N) is 2. The molecule has 1 aliphatic heterocycles. The molecule has 0 spiro atoms. The van der Waals surface area contributed by atoms with Gasteiger partial charge in [-0.25, -0.2) is 4.79 Å². The minimum atomic E-state index is -0.496. The number of piperidine rings is 1. The van der Waals surface area contributed by atoms with Crippen molar-refractivity contribution in [3.05, 3.63) is 89.7 Å². The number of pyridine rings is 2. The third-order valence-electron chi connectivity index (χ3n) is 7.85. The first-order valence-corrected chi connectivity index (χ1v) is 17.0. The summed E-state index contributed by atoms with van der Waals surface area (Å²) in [7, 11) is 0. The molecule has 48 heavy (non-hydrogen) atoms. The summed E-state index contributed by atoms with van der Waals surface area (Å²) < 4.78 is 18.5. The number of aromatic nitrogens is 3. The molecule has 7 rings (SSSR count). The first-order valence-electron chi connectivity index (χ1n) is 15.8. The normalized spacial score (nSPS) is 14.3. The second kappa shape index (κ2) is 13.4. The van der Waals surface area contributed by atoms with Crippen LogP contribution < -0.4 is 15.4 Å². The molecular formula is C36H35ClN6O4S. The predicted molar refractivity (Wildman–Crippen MR) is 189 cm³/mol. The lowest BCUT2D eigenvalue weighted by Crippen LogP contribution is -2.45. The van der Waals surface area contributed by atoms with Crippen LogP contribution in [0.5, 0.6) is 11.5 Å². The smallest absolute Gasteiger partial charge is 0.407 e. The minimum absolute atomic E-state index is 0.133. The van der Waals surface area contributed by atoms with Crippen molar-refractivity contribution >= 4 is 62.0 Å². The van der Waals surface area contributed by atoms with E-state index in [2.05, 4.69) is 37.6 Å². The average Bonchev–Trinajstić information content (AvgIpc) is 3.67. The van der Waals surface area contributed by atoms with Gasteiger partial charge in [0, 0.05) is 60.9 Å². The van der Waals surface area contributed by atoms with Crippen LogP contribution in [-0.2, 0) is 11.3 Å². The Balaban J connectivity index is 0.984. The van der Waals surface area contributed by atoms with Crippen LogP contribution in [0.2, 0.25) is 5.02 Å². The Morgan fingerprint density at radius 2 is 1.83 bits per heavy atom. The Morgan fingerprint density at radius 3 is 2.58 bits per heavy atom. The van der Waals surface area contributed by atoms with Gasteiger partial charge < -0.3 is 24.5 Å². The van der Waals surface area contributed by atoms with Crippen LogP contribution in [0.25, 0.3) is 31.9 Å². The van der Waals surface area contributed by atoms with E-state index in [1.807, 2.05) is 69.4 Å². The highest BCUT2D eigenvalue weighted by Crippen LogP contribution is 2.39. The number of hydrogen-bond donors (Lipinski definition) is 2. The van der Waals surface area contributed by atoms with Gasteiger partial charge in [-0.05, 0) is 87.7 Å². The van der Waals surface area contributed by atoms with E-state index in [9.17, 15) is 4.79 Å². The summed E-state index contributed by atoms with van der Waals surface area (Å²) in [6, 6.07) is 21.5. The van der Waals surface area contributed by atoms with Crippen LogP contribution in [-0.4, -0.2) is 50.7 Å². The average molecular weight is 683 g/mol. The summed E-state index contributed by atoms with van der Waals surface area (Å²) in [6.07, 6.45) is 5.12. The maximum atomic E-state index is 12.1. The second-order valence-corrected chi connectivity index (χ2v) is 14.3. The second-order valence-electron chi connectivity index (χ2n) is 12.8. The molecule has 4 aromatic heterocycles. The van der Waals surface area contributed by atoms with Crippen molar-refractivity contribution < 1.29 is 18.7 Å². The molecular weight excluding hydrogens is 648 g/mol. The first-order chi connectivity index (χ1) is 23.1. The molecule has 1 fully saturated rings. The molecule has 6 aromatic rings. The fraction of sp³-hybridized carbons (Fsp3) is 0.278. The minimum Gasteiger partial charge on any atom is -0.456 e. The number of carbonyl (C=O) groups is 1. The lowest BCUT2D eigenvalue weighted by atomic mass is 10.0. The van der Waals surface area contributed by atoms with Gasteiger partial charge in [-0.3, -0.25) is 14.9 Å². The van der Waals surface area contributed by atoms with Gasteiger partial charge in [-0.15, -0.1) is 11.3 Å². The number of fused-ring (bicyclic) bond motifs is 2. The zero-order valence-corrected chi connectivity index (χ0v) is 28.4. The lowest BCUT2D eigenvalue weighted by Gasteiger charge is -2.32. The van der Waals surface area contributed by atoms with Crippen molar-refractivity contribution in [3.63, 3.8) is 0 Å². The number of anilines is 2. The van der Waals surface area contributed by atoms with Crippen molar-refractivity contribution in [2.24, 2.45) is 0 Å². The van der Waals surface area contributed by atoms with Gasteiger partial charge in [0.2, 0.25) is 0 Å². The number of alkyl carbamates (subject to hydrolysis) is 1. The zero-order valence-electron chi connectivity index (χ0n) is 26.8. The molecule has 5 heterocycles. The highest BCUT2D eigenvalue weighted by Gasteiger charge is 2.24. The summed E-state index contributed by atoms with van der Waals surface area (Å²) in [5, 5.41) is 6.83. The monoisotopic (exact) mass is 682 g/mol. The SMILES string of the molecule is CC(C)(C)OC(=O)NC1CCN(Cc2ccc(-c3cc4nccc(Oc5ccc6oc(Nc7ccc(Cl)cc7)nc6c5)c4s3)nc2)CC1. The quantitative estimate of drug-likeness (QED) is 0.162. The van der Waals surface area contributed by atoms with E-state index in [1.165, 1.54) is 0 Å². The Hall–Kier alpha value is -4.71.